The summed E-state index contributed by atoms with van der Waals surface area (Å²) in [5.41, 5.74) is 6.32. The lowest BCUT2D eigenvalue weighted by Crippen LogP contribution is -2.38. The summed E-state index contributed by atoms with van der Waals surface area (Å²) in [5, 5.41) is 3.57. The molecule has 4 aromatic carbocycles. The Kier molecular flexibility index (Phi) is 7.62. The minimum Gasteiger partial charge on any atom is -0.372 e. The van der Waals surface area contributed by atoms with Crippen molar-refractivity contribution in [3.05, 3.63) is 137 Å². The monoisotopic (exact) mass is 559 g/mol. The lowest BCUT2D eigenvalue weighted by Gasteiger charge is -2.35. The van der Waals surface area contributed by atoms with Crippen LogP contribution in [0.4, 0.5) is 21.5 Å². The van der Waals surface area contributed by atoms with E-state index in [1.807, 2.05) is 66.7 Å². The second-order valence-corrected chi connectivity index (χ2v) is 10.8. The van der Waals surface area contributed by atoms with E-state index in [4.69, 9.17) is 0 Å². The van der Waals surface area contributed by atoms with E-state index in [1.54, 1.807) is 17.0 Å². The Morgan fingerprint density at radius 3 is 2.17 bits per heavy atom. The first-order valence-corrected chi connectivity index (χ1v) is 14.6. The van der Waals surface area contributed by atoms with Gasteiger partial charge in [-0.25, -0.2) is 4.39 Å². The van der Waals surface area contributed by atoms with E-state index in [0.717, 1.165) is 41.3 Å². The summed E-state index contributed by atoms with van der Waals surface area (Å²) in [6, 6.07) is 31.0. The van der Waals surface area contributed by atoms with E-state index in [9.17, 15) is 14.0 Å². The van der Waals surface area contributed by atoms with Crippen LogP contribution in [0, 0.1) is 5.82 Å². The molecule has 1 N–H and O–H groups in total. The number of anilines is 3. The number of para-hydroxylation sites is 2. The average molecular weight is 560 g/mol. The van der Waals surface area contributed by atoms with Crippen molar-refractivity contribution in [2.45, 2.75) is 38.6 Å². The molecule has 212 valence electrons. The predicted octanol–water partition coefficient (Wildman–Crippen LogP) is 7.89. The molecule has 6 heteroatoms. The number of Topliss-reactive ketones (excluding diaryl/α,β-unsaturated/α-hetero) is 1. The molecule has 4 aromatic rings. The fourth-order valence-electron chi connectivity index (χ4n) is 6.28. The molecule has 1 aliphatic carbocycles. The highest BCUT2D eigenvalue weighted by Gasteiger charge is 2.41. The molecule has 0 radical (unpaired) electrons. The first-order valence-electron chi connectivity index (χ1n) is 14.6. The zero-order chi connectivity index (χ0) is 29.2. The third-order valence-corrected chi connectivity index (χ3v) is 8.41. The fraction of sp³-hybridized carbons (Fsp3) is 0.222. The minimum atomic E-state index is -0.628. The summed E-state index contributed by atoms with van der Waals surface area (Å²) >= 11 is 0. The molecular formula is C36H34FN3O2. The van der Waals surface area contributed by atoms with Gasteiger partial charge in [-0.15, -0.1) is 0 Å². The van der Waals surface area contributed by atoms with Crippen LogP contribution in [-0.4, -0.2) is 24.8 Å². The van der Waals surface area contributed by atoms with E-state index in [0.29, 0.717) is 23.2 Å². The minimum absolute atomic E-state index is 0.0189. The van der Waals surface area contributed by atoms with Crippen molar-refractivity contribution in [2.24, 2.45) is 0 Å². The van der Waals surface area contributed by atoms with Crippen molar-refractivity contribution in [1.82, 2.24) is 0 Å². The van der Waals surface area contributed by atoms with Crippen molar-refractivity contribution in [2.75, 3.05) is 28.2 Å². The number of hydrogen-bond acceptors (Lipinski definition) is 4. The zero-order valence-corrected chi connectivity index (χ0v) is 23.9. The van der Waals surface area contributed by atoms with Gasteiger partial charge in [-0.2, -0.15) is 0 Å². The van der Waals surface area contributed by atoms with Crippen molar-refractivity contribution >= 4 is 28.8 Å². The van der Waals surface area contributed by atoms with Gasteiger partial charge in [0.1, 0.15) is 5.82 Å². The molecule has 2 aliphatic rings. The molecule has 42 heavy (non-hydrogen) atoms. The number of benzene rings is 4. The second-order valence-electron chi connectivity index (χ2n) is 10.8. The Balaban J connectivity index is 1.53. The summed E-state index contributed by atoms with van der Waals surface area (Å²) in [6.07, 6.45) is 0.853. The Morgan fingerprint density at radius 1 is 0.833 bits per heavy atom. The summed E-state index contributed by atoms with van der Waals surface area (Å²) in [7, 11) is 0. The van der Waals surface area contributed by atoms with Crippen LogP contribution in [0.15, 0.2) is 114 Å². The molecule has 1 heterocycles. The van der Waals surface area contributed by atoms with Crippen LogP contribution in [0.2, 0.25) is 0 Å². The van der Waals surface area contributed by atoms with Crippen LogP contribution in [0.1, 0.15) is 60.1 Å². The van der Waals surface area contributed by atoms with E-state index >= 15 is 0 Å². The van der Waals surface area contributed by atoms with Crippen molar-refractivity contribution in [3.8, 4) is 0 Å². The standard InChI is InChI=1S/C36H34FN3O2/c1-3-39(4-2)29-20-16-25(17-21-29)35-34-31(22-27(23-33(34)41)24-14-18-28(37)19-15-24)38-30-12-8-9-13-32(30)40(35)36(42)26-10-6-5-7-11-26/h5-21,27,35,38H,3-4,22-23H2,1-2H3/t27-,35+/m1/s1. The summed E-state index contributed by atoms with van der Waals surface area (Å²) in [6.45, 7) is 6.02. The van der Waals surface area contributed by atoms with Gasteiger partial charge >= 0.3 is 0 Å². The van der Waals surface area contributed by atoms with Crippen LogP contribution in [0.25, 0.3) is 0 Å². The maximum Gasteiger partial charge on any atom is 0.259 e. The van der Waals surface area contributed by atoms with Gasteiger partial charge in [0.05, 0.1) is 17.4 Å². The molecule has 2 atom stereocenters. The maximum atomic E-state index is 14.4. The summed E-state index contributed by atoms with van der Waals surface area (Å²) in [4.78, 5) is 32.7. The van der Waals surface area contributed by atoms with Crippen molar-refractivity contribution in [3.63, 3.8) is 0 Å². The SMILES string of the molecule is CCN(CC)c1ccc([C@H]2C3=C(C[C@@H](c4ccc(F)cc4)CC3=O)Nc3ccccc3N2C(=O)c2ccccc2)cc1. The highest BCUT2D eigenvalue weighted by molar-refractivity contribution is 6.12. The number of allylic oxidation sites excluding steroid dienone is 1. The summed E-state index contributed by atoms with van der Waals surface area (Å²) in [5.74, 6) is -0.594. The molecule has 6 rings (SSSR count). The highest BCUT2D eigenvalue weighted by atomic mass is 19.1. The zero-order valence-electron chi connectivity index (χ0n) is 23.9. The van der Waals surface area contributed by atoms with Gasteiger partial charge in [0.2, 0.25) is 0 Å². The first-order chi connectivity index (χ1) is 20.5. The predicted molar refractivity (Wildman–Crippen MR) is 166 cm³/mol. The number of nitrogens with zero attached hydrogens (tertiary/aromatic N) is 2. The Bertz CT molecular complexity index is 1630. The van der Waals surface area contributed by atoms with Gasteiger partial charge in [0.15, 0.2) is 5.78 Å². The molecule has 0 saturated heterocycles. The van der Waals surface area contributed by atoms with Crippen molar-refractivity contribution in [1.29, 1.82) is 0 Å². The number of carbonyl (C=O) groups excluding carboxylic acids is 2. The quantitative estimate of drug-likeness (QED) is 0.261. The van der Waals surface area contributed by atoms with Gasteiger partial charge in [-0.3, -0.25) is 14.5 Å². The molecule has 1 aliphatic heterocycles. The molecule has 0 spiro atoms. The molecule has 0 saturated carbocycles. The normalized spacial score (nSPS) is 18.1. The number of fused-ring (bicyclic) bond motifs is 1. The lowest BCUT2D eigenvalue weighted by atomic mass is 9.78. The fourth-order valence-corrected chi connectivity index (χ4v) is 6.28. The molecule has 0 bridgehead atoms. The molecule has 0 aromatic heterocycles. The van der Waals surface area contributed by atoms with Crippen LogP contribution < -0.4 is 15.1 Å². The lowest BCUT2D eigenvalue weighted by molar-refractivity contribution is -0.116. The third kappa shape index (κ3) is 5.09. The number of rotatable bonds is 6. The topological polar surface area (TPSA) is 52.7 Å². The van der Waals surface area contributed by atoms with Crippen LogP contribution in [-0.2, 0) is 4.79 Å². The third-order valence-electron chi connectivity index (χ3n) is 8.41. The van der Waals surface area contributed by atoms with Crippen molar-refractivity contribution < 1.29 is 14.0 Å². The smallest absolute Gasteiger partial charge is 0.259 e. The number of hydrogen-bond donors (Lipinski definition) is 1. The average Bonchev–Trinajstić information content (AvgIpc) is 3.17. The largest absolute Gasteiger partial charge is 0.372 e. The Morgan fingerprint density at radius 2 is 1.48 bits per heavy atom. The Labute approximate surface area is 246 Å². The van der Waals surface area contributed by atoms with Gasteiger partial charge in [-0.05, 0) is 85.8 Å². The van der Waals surface area contributed by atoms with Crippen LogP contribution in [0.3, 0.4) is 0 Å². The first kappa shape index (κ1) is 27.5. The van der Waals surface area contributed by atoms with Gasteiger partial charge in [-0.1, -0.05) is 54.6 Å². The van der Waals surface area contributed by atoms with E-state index < -0.39 is 6.04 Å². The Hall–Kier alpha value is -4.71. The van der Waals surface area contributed by atoms with Gasteiger partial charge < -0.3 is 10.2 Å². The van der Waals surface area contributed by atoms with E-state index in [-0.39, 0.29) is 29.8 Å². The number of halogens is 1. The number of amides is 1. The number of ketones is 1. The van der Waals surface area contributed by atoms with E-state index in [1.165, 1.54) is 12.1 Å². The summed E-state index contributed by atoms with van der Waals surface area (Å²) < 4.78 is 13.7. The maximum absolute atomic E-state index is 14.4. The van der Waals surface area contributed by atoms with Gasteiger partial charge in [0.25, 0.3) is 5.91 Å². The number of carbonyl (C=O) groups is 2. The van der Waals surface area contributed by atoms with Crippen LogP contribution >= 0.6 is 0 Å². The van der Waals surface area contributed by atoms with E-state index in [2.05, 4.69) is 36.2 Å². The second kappa shape index (κ2) is 11.6. The molecule has 1 amide bonds. The van der Waals surface area contributed by atoms with Crippen LogP contribution in [0.5, 0.6) is 0 Å². The molecular weight excluding hydrogens is 525 g/mol. The number of nitrogens with one attached hydrogen (secondary N) is 1. The molecule has 0 fully saturated rings. The van der Waals surface area contributed by atoms with Gasteiger partial charge in [0, 0.05) is 42.0 Å². The highest BCUT2D eigenvalue weighted by Crippen LogP contribution is 2.48. The molecule has 0 unspecified atom stereocenters. The molecule has 5 nitrogen and oxygen atoms in total.